The molecule has 4 heteroatoms. The van der Waals surface area contributed by atoms with Crippen LogP contribution in [-0.4, -0.2) is 11.0 Å². The molecule has 0 radical (unpaired) electrons. The average molecular weight is 255 g/mol. The second kappa shape index (κ2) is 4.58. The van der Waals surface area contributed by atoms with Gasteiger partial charge in [-0.3, -0.25) is 0 Å². The molecule has 1 atom stereocenters. The average Bonchev–Trinajstić information content (AvgIpc) is 2.22. The zero-order valence-corrected chi connectivity index (χ0v) is 10.4. The summed E-state index contributed by atoms with van der Waals surface area (Å²) in [6.07, 6.45) is 0.761. The molecular weight excluding hydrogens is 243 g/mol. The summed E-state index contributed by atoms with van der Waals surface area (Å²) in [5, 5.41) is 2.12. The van der Waals surface area contributed by atoms with Crippen molar-refractivity contribution in [3.8, 4) is 0 Å². The summed E-state index contributed by atoms with van der Waals surface area (Å²) in [5.41, 5.74) is 7.63. The standard InChI is InChI=1S/C12H12Cl2N2/c1-7(15)6-8-2-4-10-9(12(8)14)3-5-11(13)16-10/h2-5,7H,6,15H2,1H3. The lowest BCUT2D eigenvalue weighted by Crippen LogP contribution is -2.17. The smallest absolute Gasteiger partial charge is 0.129 e. The highest BCUT2D eigenvalue weighted by molar-refractivity contribution is 6.36. The predicted molar refractivity (Wildman–Crippen MR) is 69.1 cm³/mol. The summed E-state index contributed by atoms with van der Waals surface area (Å²) in [6, 6.07) is 7.60. The highest BCUT2D eigenvalue weighted by Crippen LogP contribution is 2.28. The number of aromatic nitrogens is 1. The maximum Gasteiger partial charge on any atom is 0.129 e. The SMILES string of the molecule is CC(N)Cc1ccc2nc(Cl)ccc2c1Cl. The maximum atomic E-state index is 6.30. The van der Waals surface area contributed by atoms with Gasteiger partial charge in [-0.15, -0.1) is 0 Å². The monoisotopic (exact) mass is 254 g/mol. The Hall–Kier alpha value is -0.830. The number of benzene rings is 1. The molecule has 0 bridgehead atoms. The van der Waals surface area contributed by atoms with Gasteiger partial charge in [-0.05, 0) is 37.1 Å². The second-order valence-corrected chi connectivity index (χ2v) is 4.69. The van der Waals surface area contributed by atoms with Crippen molar-refractivity contribution in [2.45, 2.75) is 19.4 Å². The Morgan fingerprint density at radius 3 is 2.69 bits per heavy atom. The Balaban J connectivity index is 2.56. The van der Waals surface area contributed by atoms with E-state index in [0.717, 1.165) is 27.9 Å². The summed E-state index contributed by atoms with van der Waals surface area (Å²) in [7, 11) is 0. The topological polar surface area (TPSA) is 38.9 Å². The number of nitrogens with two attached hydrogens (primary N) is 1. The first-order valence-corrected chi connectivity index (χ1v) is 5.82. The van der Waals surface area contributed by atoms with Crippen LogP contribution in [0.1, 0.15) is 12.5 Å². The van der Waals surface area contributed by atoms with Gasteiger partial charge in [-0.2, -0.15) is 0 Å². The number of rotatable bonds is 2. The van der Waals surface area contributed by atoms with Crippen LogP contribution < -0.4 is 5.73 Å². The molecule has 2 nitrogen and oxygen atoms in total. The fourth-order valence-electron chi connectivity index (χ4n) is 1.69. The van der Waals surface area contributed by atoms with Crippen molar-refractivity contribution in [3.63, 3.8) is 0 Å². The summed E-state index contributed by atoms with van der Waals surface area (Å²) in [5.74, 6) is 0. The van der Waals surface area contributed by atoms with Crippen molar-refractivity contribution in [1.82, 2.24) is 4.98 Å². The zero-order chi connectivity index (χ0) is 11.7. The predicted octanol–water partition coefficient (Wildman–Crippen LogP) is 3.43. The Bertz CT molecular complexity index is 524. The van der Waals surface area contributed by atoms with Crippen LogP contribution >= 0.6 is 23.2 Å². The first-order valence-electron chi connectivity index (χ1n) is 5.07. The third-order valence-corrected chi connectivity index (χ3v) is 3.05. The van der Waals surface area contributed by atoms with Crippen molar-refractivity contribution in [3.05, 3.63) is 40.0 Å². The van der Waals surface area contributed by atoms with Gasteiger partial charge in [0.2, 0.25) is 0 Å². The molecular formula is C12H12Cl2N2. The summed E-state index contributed by atoms with van der Waals surface area (Å²) in [4.78, 5) is 4.21. The highest BCUT2D eigenvalue weighted by atomic mass is 35.5. The van der Waals surface area contributed by atoms with E-state index in [1.165, 1.54) is 0 Å². The molecule has 0 saturated carbocycles. The van der Waals surface area contributed by atoms with E-state index in [0.29, 0.717) is 5.15 Å². The van der Waals surface area contributed by atoms with Crippen molar-refractivity contribution in [1.29, 1.82) is 0 Å². The van der Waals surface area contributed by atoms with Crippen LogP contribution in [0.4, 0.5) is 0 Å². The van der Waals surface area contributed by atoms with Gasteiger partial charge in [0.15, 0.2) is 0 Å². The first kappa shape index (κ1) is 11.6. The van der Waals surface area contributed by atoms with Gasteiger partial charge in [-0.1, -0.05) is 29.3 Å². The fourth-order valence-corrected chi connectivity index (χ4v) is 2.15. The lowest BCUT2D eigenvalue weighted by Gasteiger charge is -2.09. The highest BCUT2D eigenvalue weighted by Gasteiger charge is 2.08. The molecule has 0 amide bonds. The van der Waals surface area contributed by atoms with Gasteiger partial charge in [0, 0.05) is 11.4 Å². The van der Waals surface area contributed by atoms with Gasteiger partial charge in [0.1, 0.15) is 5.15 Å². The quantitative estimate of drug-likeness (QED) is 0.835. The zero-order valence-electron chi connectivity index (χ0n) is 8.87. The molecule has 1 aromatic heterocycles. The van der Waals surface area contributed by atoms with Crippen LogP contribution in [0.25, 0.3) is 10.9 Å². The molecule has 16 heavy (non-hydrogen) atoms. The van der Waals surface area contributed by atoms with Crippen LogP contribution in [0, 0.1) is 0 Å². The third-order valence-electron chi connectivity index (χ3n) is 2.39. The fraction of sp³-hybridized carbons (Fsp3) is 0.250. The molecule has 1 aromatic carbocycles. The summed E-state index contributed by atoms with van der Waals surface area (Å²) >= 11 is 12.1. The van der Waals surface area contributed by atoms with E-state index in [-0.39, 0.29) is 6.04 Å². The van der Waals surface area contributed by atoms with Crippen LogP contribution in [0.2, 0.25) is 10.2 Å². The van der Waals surface area contributed by atoms with E-state index in [1.807, 2.05) is 25.1 Å². The minimum absolute atomic E-state index is 0.0928. The summed E-state index contributed by atoms with van der Waals surface area (Å²) < 4.78 is 0. The maximum absolute atomic E-state index is 6.30. The van der Waals surface area contributed by atoms with Crippen molar-refractivity contribution in [2.24, 2.45) is 5.73 Å². The van der Waals surface area contributed by atoms with E-state index in [4.69, 9.17) is 28.9 Å². The Kier molecular flexibility index (Phi) is 3.33. The van der Waals surface area contributed by atoms with Gasteiger partial charge >= 0.3 is 0 Å². The molecule has 0 aliphatic heterocycles. The van der Waals surface area contributed by atoms with Crippen molar-refractivity contribution in [2.75, 3.05) is 0 Å². The Labute approximate surface area is 104 Å². The van der Waals surface area contributed by atoms with Gasteiger partial charge in [-0.25, -0.2) is 4.98 Å². The normalized spacial score (nSPS) is 13.0. The van der Waals surface area contributed by atoms with Crippen LogP contribution in [0.15, 0.2) is 24.3 Å². The molecule has 0 saturated heterocycles. The van der Waals surface area contributed by atoms with Gasteiger partial charge < -0.3 is 5.73 Å². The molecule has 2 rings (SSSR count). The minimum Gasteiger partial charge on any atom is -0.328 e. The van der Waals surface area contributed by atoms with E-state index < -0.39 is 0 Å². The molecule has 0 fully saturated rings. The molecule has 2 aromatic rings. The van der Waals surface area contributed by atoms with E-state index in [9.17, 15) is 0 Å². The largest absolute Gasteiger partial charge is 0.328 e. The van der Waals surface area contributed by atoms with Crippen molar-refractivity contribution >= 4 is 34.1 Å². The number of hydrogen-bond acceptors (Lipinski definition) is 2. The molecule has 84 valence electrons. The number of pyridine rings is 1. The number of halogens is 2. The van der Waals surface area contributed by atoms with E-state index in [2.05, 4.69) is 4.98 Å². The first-order chi connectivity index (χ1) is 7.58. The van der Waals surface area contributed by atoms with Crippen molar-refractivity contribution < 1.29 is 0 Å². The van der Waals surface area contributed by atoms with E-state index in [1.54, 1.807) is 6.07 Å². The Morgan fingerprint density at radius 2 is 2.00 bits per heavy atom. The molecule has 1 unspecified atom stereocenters. The molecule has 0 aliphatic carbocycles. The van der Waals surface area contributed by atoms with Gasteiger partial charge in [0.25, 0.3) is 0 Å². The lowest BCUT2D eigenvalue weighted by atomic mass is 10.0. The number of hydrogen-bond donors (Lipinski definition) is 1. The number of nitrogens with zero attached hydrogens (tertiary/aromatic N) is 1. The lowest BCUT2D eigenvalue weighted by molar-refractivity contribution is 0.739. The van der Waals surface area contributed by atoms with Crippen LogP contribution in [0.3, 0.4) is 0 Å². The molecule has 1 heterocycles. The molecule has 0 aliphatic rings. The number of fused-ring (bicyclic) bond motifs is 1. The van der Waals surface area contributed by atoms with Crippen LogP contribution in [0.5, 0.6) is 0 Å². The molecule has 0 spiro atoms. The second-order valence-electron chi connectivity index (χ2n) is 3.92. The summed E-state index contributed by atoms with van der Waals surface area (Å²) in [6.45, 7) is 1.96. The van der Waals surface area contributed by atoms with Crippen LogP contribution in [-0.2, 0) is 6.42 Å². The Morgan fingerprint density at radius 1 is 1.25 bits per heavy atom. The minimum atomic E-state index is 0.0928. The third kappa shape index (κ3) is 2.29. The molecule has 2 N–H and O–H groups in total. The van der Waals surface area contributed by atoms with E-state index >= 15 is 0 Å². The van der Waals surface area contributed by atoms with Gasteiger partial charge in [0.05, 0.1) is 10.5 Å².